The molecule has 0 aliphatic heterocycles. The van der Waals surface area contributed by atoms with Crippen LogP contribution in [0.3, 0.4) is 0 Å². The number of amides is 1. The summed E-state index contributed by atoms with van der Waals surface area (Å²) in [5.74, 6) is -0.916. The Labute approximate surface area is 166 Å². The molecule has 27 heavy (non-hydrogen) atoms. The number of ether oxygens (including phenoxy) is 1. The standard InChI is InChI=1S/C19H18ClN3O3S/c1-3-4-8-26-18(25)14(11-21)9-16-12-27-19(22-16)23(13(2)24)17-7-5-6-15(20)10-17/h5-7,9-10,12H,3-4,8H2,1-2H3/b14-9+. The van der Waals surface area contributed by atoms with Gasteiger partial charge < -0.3 is 4.74 Å². The lowest BCUT2D eigenvalue weighted by Gasteiger charge is -2.18. The minimum Gasteiger partial charge on any atom is -0.462 e. The third kappa shape index (κ3) is 5.64. The van der Waals surface area contributed by atoms with E-state index in [1.165, 1.54) is 29.2 Å². The first-order valence-corrected chi connectivity index (χ1v) is 9.52. The highest BCUT2D eigenvalue weighted by molar-refractivity contribution is 7.14. The molecule has 0 saturated carbocycles. The predicted molar refractivity (Wildman–Crippen MR) is 106 cm³/mol. The van der Waals surface area contributed by atoms with Gasteiger partial charge in [-0.2, -0.15) is 5.26 Å². The second-order valence-electron chi connectivity index (χ2n) is 5.55. The van der Waals surface area contributed by atoms with Crippen molar-refractivity contribution < 1.29 is 14.3 Å². The monoisotopic (exact) mass is 403 g/mol. The maximum atomic E-state index is 12.1. The Balaban J connectivity index is 2.26. The fraction of sp³-hybridized carbons (Fsp3) is 0.263. The zero-order chi connectivity index (χ0) is 19.8. The van der Waals surface area contributed by atoms with Crippen molar-refractivity contribution in [2.45, 2.75) is 26.7 Å². The maximum absolute atomic E-state index is 12.1. The lowest BCUT2D eigenvalue weighted by molar-refractivity contribution is -0.138. The number of carbonyl (C=O) groups is 2. The van der Waals surface area contributed by atoms with Gasteiger partial charge >= 0.3 is 5.97 Å². The van der Waals surface area contributed by atoms with Crippen LogP contribution in [-0.2, 0) is 14.3 Å². The Hall–Kier alpha value is -2.69. The van der Waals surface area contributed by atoms with E-state index in [1.807, 2.05) is 13.0 Å². The molecule has 1 heterocycles. The zero-order valence-electron chi connectivity index (χ0n) is 14.9. The van der Waals surface area contributed by atoms with E-state index in [0.29, 0.717) is 21.5 Å². The molecule has 0 spiro atoms. The van der Waals surface area contributed by atoms with Gasteiger partial charge in [0.25, 0.3) is 0 Å². The van der Waals surface area contributed by atoms with Crippen molar-refractivity contribution in [3.63, 3.8) is 0 Å². The summed E-state index contributed by atoms with van der Waals surface area (Å²) in [7, 11) is 0. The first-order valence-electron chi connectivity index (χ1n) is 8.27. The minimum absolute atomic E-state index is 0.139. The van der Waals surface area contributed by atoms with Crippen LogP contribution in [0.2, 0.25) is 5.02 Å². The molecule has 2 rings (SSSR count). The van der Waals surface area contributed by atoms with E-state index < -0.39 is 5.97 Å². The zero-order valence-corrected chi connectivity index (χ0v) is 16.5. The Kier molecular flexibility index (Phi) is 7.53. The second-order valence-corrected chi connectivity index (χ2v) is 6.82. The first kappa shape index (κ1) is 20.6. The summed E-state index contributed by atoms with van der Waals surface area (Å²) in [4.78, 5) is 29.8. The number of benzene rings is 1. The molecule has 2 aromatic rings. The molecule has 0 saturated heterocycles. The van der Waals surface area contributed by atoms with Crippen LogP contribution in [-0.4, -0.2) is 23.5 Å². The highest BCUT2D eigenvalue weighted by Crippen LogP contribution is 2.31. The largest absolute Gasteiger partial charge is 0.462 e. The molecule has 0 atom stereocenters. The molecule has 0 N–H and O–H groups in total. The topological polar surface area (TPSA) is 83.3 Å². The number of unbranched alkanes of at least 4 members (excludes halogenated alkanes) is 1. The third-order valence-electron chi connectivity index (χ3n) is 3.45. The Morgan fingerprint density at radius 2 is 2.22 bits per heavy atom. The average Bonchev–Trinajstić information content (AvgIpc) is 3.07. The molecule has 8 heteroatoms. The lowest BCUT2D eigenvalue weighted by Crippen LogP contribution is -2.22. The maximum Gasteiger partial charge on any atom is 0.348 e. The number of anilines is 2. The quantitative estimate of drug-likeness (QED) is 0.289. The molecule has 1 aromatic carbocycles. The molecule has 1 aromatic heterocycles. The number of halogens is 1. The van der Waals surface area contributed by atoms with Gasteiger partial charge in [-0.1, -0.05) is 31.0 Å². The Bertz CT molecular complexity index is 902. The van der Waals surface area contributed by atoms with Crippen LogP contribution < -0.4 is 4.90 Å². The molecular weight excluding hydrogens is 386 g/mol. The fourth-order valence-corrected chi connectivity index (χ4v) is 3.19. The summed E-state index contributed by atoms with van der Waals surface area (Å²) in [6.45, 7) is 3.67. The van der Waals surface area contributed by atoms with Crippen LogP contribution in [0.25, 0.3) is 6.08 Å². The molecule has 0 unspecified atom stereocenters. The van der Waals surface area contributed by atoms with E-state index in [4.69, 9.17) is 16.3 Å². The van der Waals surface area contributed by atoms with Crippen molar-refractivity contribution in [1.29, 1.82) is 5.26 Å². The smallest absolute Gasteiger partial charge is 0.348 e. The van der Waals surface area contributed by atoms with Crippen LogP contribution in [0, 0.1) is 11.3 Å². The Morgan fingerprint density at radius 1 is 1.44 bits per heavy atom. The highest BCUT2D eigenvalue weighted by atomic mass is 35.5. The average molecular weight is 404 g/mol. The summed E-state index contributed by atoms with van der Waals surface area (Å²) in [6, 6.07) is 8.68. The number of esters is 1. The lowest BCUT2D eigenvalue weighted by atomic mass is 10.2. The van der Waals surface area contributed by atoms with Gasteiger partial charge in [0.2, 0.25) is 5.91 Å². The Morgan fingerprint density at radius 3 is 2.85 bits per heavy atom. The molecule has 0 radical (unpaired) electrons. The number of thiazole rings is 1. The van der Waals surface area contributed by atoms with E-state index in [0.717, 1.165) is 12.8 Å². The number of nitrogens with zero attached hydrogens (tertiary/aromatic N) is 3. The van der Waals surface area contributed by atoms with Gasteiger partial charge in [0.05, 0.1) is 18.0 Å². The normalized spacial score (nSPS) is 11.0. The molecule has 0 aliphatic carbocycles. The molecule has 140 valence electrons. The number of hydrogen-bond donors (Lipinski definition) is 0. The van der Waals surface area contributed by atoms with E-state index in [9.17, 15) is 14.9 Å². The van der Waals surface area contributed by atoms with E-state index >= 15 is 0 Å². The van der Waals surface area contributed by atoms with Crippen LogP contribution >= 0.6 is 22.9 Å². The highest BCUT2D eigenvalue weighted by Gasteiger charge is 2.19. The van der Waals surface area contributed by atoms with Gasteiger partial charge in [-0.3, -0.25) is 9.69 Å². The van der Waals surface area contributed by atoms with Crippen molar-refractivity contribution in [2.24, 2.45) is 0 Å². The number of aromatic nitrogens is 1. The fourth-order valence-electron chi connectivity index (χ4n) is 2.16. The first-order chi connectivity index (χ1) is 13.0. The van der Waals surface area contributed by atoms with Gasteiger partial charge in [0.15, 0.2) is 5.13 Å². The molecule has 0 aliphatic rings. The summed E-state index contributed by atoms with van der Waals surface area (Å²) < 4.78 is 5.05. The van der Waals surface area contributed by atoms with Gasteiger partial charge in [-0.05, 0) is 30.7 Å². The number of rotatable bonds is 7. The summed E-state index contributed by atoms with van der Waals surface area (Å²) in [5.41, 5.74) is 0.840. The molecule has 6 nitrogen and oxygen atoms in total. The molecule has 0 fully saturated rings. The summed E-state index contributed by atoms with van der Waals surface area (Å²) >= 11 is 7.23. The van der Waals surface area contributed by atoms with Gasteiger partial charge in [-0.25, -0.2) is 9.78 Å². The van der Waals surface area contributed by atoms with E-state index in [-0.39, 0.29) is 18.1 Å². The molecule has 1 amide bonds. The van der Waals surface area contributed by atoms with Crippen LogP contribution in [0.5, 0.6) is 0 Å². The number of hydrogen-bond acceptors (Lipinski definition) is 6. The van der Waals surface area contributed by atoms with Crippen LogP contribution in [0.1, 0.15) is 32.4 Å². The summed E-state index contributed by atoms with van der Waals surface area (Å²) in [5, 5.41) is 11.8. The van der Waals surface area contributed by atoms with Crippen molar-refractivity contribution in [2.75, 3.05) is 11.5 Å². The minimum atomic E-state index is -0.682. The predicted octanol–water partition coefficient (Wildman–Crippen LogP) is 4.73. The van der Waals surface area contributed by atoms with Crippen LogP contribution in [0.15, 0.2) is 35.2 Å². The van der Waals surface area contributed by atoms with E-state index in [1.54, 1.807) is 29.6 Å². The molecule has 0 bridgehead atoms. The SMILES string of the molecule is CCCCOC(=O)/C(C#N)=C/c1csc(N(C(C)=O)c2cccc(Cl)c2)n1. The van der Waals surface area contributed by atoms with E-state index in [2.05, 4.69) is 4.98 Å². The number of nitriles is 1. The third-order valence-corrected chi connectivity index (χ3v) is 4.53. The van der Waals surface area contributed by atoms with Crippen molar-refractivity contribution >= 4 is 51.7 Å². The van der Waals surface area contributed by atoms with Gasteiger partial charge in [0.1, 0.15) is 11.6 Å². The van der Waals surface area contributed by atoms with Crippen molar-refractivity contribution in [3.8, 4) is 6.07 Å². The molecular formula is C19H18ClN3O3S. The van der Waals surface area contributed by atoms with Gasteiger partial charge in [-0.15, -0.1) is 11.3 Å². The van der Waals surface area contributed by atoms with Crippen molar-refractivity contribution in [1.82, 2.24) is 4.98 Å². The van der Waals surface area contributed by atoms with Crippen LogP contribution in [0.4, 0.5) is 10.8 Å². The van der Waals surface area contributed by atoms with Gasteiger partial charge in [0, 0.05) is 17.3 Å². The number of carbonyl (C=O) groups excluding carboxylic acids is 2. The van der Waals surface area contributed by atoms with Crippen molar-refractivity contribution in [3.05, 3.63) is 45.9 Å². The summed E-state index contributed by atoms with van der Waals surface area (Å²) in [6.07, 6.45) is 2.97. The second kappa shape index (κ2) is 9.86.